The van der Waals surface area contributed by atoms with E-state index in [0.29, 0.717) is 5.92 Å². The summed E-state index contributed by atoms with van der Waals surface area (Å²) in [5.41, 5.74) is 2.23. The van der Waals surface area contributed by atoms with Crippen LogP contribution in [-0.4, -0.2) is 28.6 Å². The first-order valence-corrected chi connectivity index (χ1v) is 8.52. The van der Waals surface area contributed by atoms with Gasteiger partial charge in [-0.2, -0.15) is 0 Å². The minimum atomic E-state index is -0.415. The zero-order valence-electron chi connectivity index (χ0n) is 14.1. The van der Waals surface area contributed by atoms with Gasteiger partial charge >= 0.3 is 0 Å². The van der Waals surface area contributed by atoms with Gasteiger partial charge in [-0.3, -0.25) is 4.90 Å². The van der Waals surface area contributed by atoms with Crippen LogP contribution in [0.5, 0.6) is 0 Å². The third kappa shape index (κ3) is 3.49. The van der Waals surface area contributed by atoms with Gasteiger partial charge in [-0.1, -0.05) is 51.5 Å². The number of nitrogens with zero attached hydrogens (tertiary/aromatic N) is 1. The molecule has 2 atom stereocenters. The maximum atomic E-state index is 11.0. The van der Waals surface area contributed by atoms with Crippen molar-refractivity contribution < 1.29 is 5.11 Å². The number of hydrogen-bond acceptors (Lipinski definition) is 2. The highest BCUT2D eigenvalue weighted by Crippen LogP contribution is 2.36. The molecule has 2 unspecified atom stereocenters. The molecule has 0 radical (unpaired) electrons. The average molecular weight is 289 g/mol. The Morgan fingerprint density at radius 1 is 1.05 bits per heavy atom. The Morgan fingerprint density at radius 2 is 1.57 bits per heavy atom. The molecule has 0 amide bonds. The zero-order valence-corrected chi connectivity index (χ0v) is 14.1. The first kappa shape index (κ1) is 16.5. The first-order chi connectivity index (χ1) is 9.99. The number of benzene rings is 1. The Morgan fingerprint density at radius 3 is 2.05 bits per heavy atom. The van der Waals surface area contributed by atoms with Gasteiger partial charge in [0.2, 0.25) is 0 Å². The molecule has 2 rings (SSSR count). The van der Waals surface area contributed by atoms with Gasteiger partial charge in [0.15, 0.2) is 0 Å². The van der Waals surface area contributed by atoms with E-state index in [4.69, 9.17) is 0 Å². The molecule has 1 aliphatic heterocycles. The van der Waals surface area contributed by atoms with Gasteiger partial charge < -0.3 is 5.11 Å². The van der Waals surface area contributed by atoms with Crippen molar-refractivity contribution in [2.45, 2.75) is 70.9 Å². The predicted octanol–water partition coefficient (Wildman–Crippen LogP) is 4.50. The number of aliphatic hydroxyl groups excluding tert-OH is 1. The Kier molecular flexibility index (Phi) is 5.45. The molecule has 1 N–H and O–H groups in total. The Balaban J connectivity index is 2.20. The standard InChI is InChI=1S/C19H31NO/c1-5-19(4,20-13-7-6-8-14-20)18(21)17-11-9-16(10-12-17)15(2)3/h9-12,15,18,21H,5-8,13-14H2,1-4H3. The zero-order chi connectivity index (χ0) is 15.5. The summed E-state index contributed by atoms with van der Waals surface area (Å²) in [4.78, 5) is 2.50. The molecule has 0 spiro atoms. The van der Waals surface area contributed by atoms with Crippen molar-refractivity contribution in [3.05, 3.63) is 35.4 Å². The maximum absolute atomic E-state index is 11.0. The van der Waals surface area contributed by atoms with Crippen molar-refractivity contribution in [1.29, 1.82) is 0 Å². The smallest absolute Gasteiger partial charge is 0.0970 e. The molecule has 1 aliphatic rings. The highest BCUT2D eigenvalue weighted by molar-refractivity contribution is 5.28. The summed E-state index contributed by atoms with van der Waals surface area (Å²) in [5.74, 6) is 0.538. The molecule has 1 heterocycles. The number of aliphatic hydroxyl groups is 1. The van der Waals surface area contributed by atoms with Gasteiger partial charge in [-0.25, -0.2) is 0 Å². The Hall–Kier alpha value is -0.860. The Bertz CT molecular complexity index is 433. The number of rotatable bonds is 5. The van der Waals surface area contributed by atoms with Crippen molar-refractivity contribution in [3.8, 4) is 0 Å². The van der Waals surface area contributed by atoms with Crippen LogP contribution in [0.4, 0.5) is 0 Å². The Labute approximate surface area is 130 Å². The van der Waals surface area contributed by atoms with Gasteiger partial charge in [0.05, 0.1) is 6.10 Å². The van der Waals surface area contributed by atoms with Gasteiger partial charge in [0, 0.05) is 5.54 Å². The largest absolute Gasteiger partial charge is 0.386 e. The van der Waals surface area contributed by atoms with Crippen LogP contribution in [0.1, 0.15) is 76.5 Å². The molecule has 0 aliphatic carbocycles. The lowest BCUT2D eigenvalue weighted by atomic mass is 9.83. The topological polar surface area (TPSA) is 23.5 Å². The molecule has 0 saturated carbocycles. The highest BCUT2D eigenvalue weighted by Gasteiger charge is 2.38. The minimum absolute atomic E-state index is 0.153. The predicted molar refractivity (Wildman–Crippen MR) is 89.6 cm³/mol. The van der Waals surface area contributed by atoms with E-state index < -0.39 is 6.10 Å². The summed E-state index contributed by atoms with van der Waals surface area (Å²) in [6.07, 6.45) is 4.40. The molecule has 0 bridgehead atoms. The lowest BCUT2D eigenvalue weighted by Gasteiger charge is -2.46. The molecule has 118 valence electrons. The summed E-state index contributed by atoms with van der Waals surface area (Å²) >= 11 is 0. The average Bonchev–Trinajstić information content (AvgIpc) is 2.54. The molecule has 1 fully saturated rings. The normalized spacial score (nSPS) is 21.2. The second-order valence-electron chi connectivity index (χ2n) is 6.98. The molecule has 1 aromatic rings. The van der Waals surface area contributed by atoms with Crippen LogP contribution in [-0.2, 0) is 0 Å². The molecule has 2 heteroatoms. The van der Waals surface area contributed by atoms with Crippen LogP contribution in [0, 0.1) is 0 Å². The van der Waals surface area contributed by atoms with E-state index in [1.807, 2.05) is 0 Å². The third-order valence-electron chi connectivity index (χ3n) is 5.30. The monoisotopic (exact) mass is 289 g/mol. The molecule has 0 aromatic heterocycles. The second-order valence-corrected chi connectivity index (χ2v) is 6.98. The lowest BCUT2D eigenvalue weighted by Crippen LogP contribution is -2.52. The quantitative estimate of drug-likeness (QED) is 0.863. The fraction of sp³-hybridized carbons (Fsp3) is 0.684. The third-order valence-corrected chi connectivity index (χ3v) is 5.30. The van der Waals surface area contributed by atoms with E-state index in [-0.39, 0.29) is 5.54 Å². The molecule has 21 heavy (non-hydrogen) atoms. The summed E-state index contributed by atoms with van der Waals surface area (Å²) in [7, 11) is 0. The molecule has 2 nitrogen and oxygen atoms in total. The summed E-state index contributed by atoms with van der Waals surface area (Å²) in [6, 6.07) is 8.54. The van der Waals surface area contributed by atoms with E-state index in [1.54, 1.807) is 0 Å². The van der Waals surface area contributed by atoms with E-state index >= 15 is 0 Å². The first-order valence-electron chi connectivity index (χ1n) is 8.52. The van der Waals surface area contributed by atoms with Crippen LogP contribution in [0.15, 0.2) is 24.3 Å². The molecule has 1 saturated heterocycles. The van der Waals surface area contributed by atoms with Crippen LogP contribution in [0.2, 0.25) is 0 Å². The van der Waals surface area contributed by atoms with E-state index in [0.717, 1.165) is 25.1 Å². The summed E-state index contributed by atoms with van der Waals surface area (Å²) in [6.45, 7) is 11.1. The van der Waals surface area contributed by atoms with Crippen LogP contribution in [0.3, 0.4) is 0 Å². The van der Waals surface area contributed by atoms with E-state index in [1.165, 1.54) is 24.8 Å². The van der Waals surface area contributed by atoms with Gasteiger partial charge in [-0.05, 0) is 56.3 Å². The van der Waals surface area contributed by atoms with Gasteiger partial charge in [-0.15, -0.1) is 0 Å². The SMILES string of the molecule is CCC(C)(C(O)c1ccc(C(C)C)cc1)N1CCCCC1. The number of piperidine rings is 1. The minimum Gasteiger partial charge on any atom is -0.386 e. The van der Waals surface area contributed by atoms with Crippen molar-refractivity contribution in [3.63, 3.8) is 0 Å². The maximum Gasteiger partial charge on any atom is 0.0970 e. The van der Waals surface area contributed by atoms with Gasteiger partial charge in [0.1, 0.15) is 0 Å². The van der Waals surface area contributed by atoms with Crippen LogP contribution < -0.4 is 0 Å². The highest BCUT2D eigenvalue weighted by atomic mass is 16.3. The lowest BCUT2D eigenvalue weighted by molar-refractivity contribution is -0.0352. The van der Waals surface area contributed by atoms with Crippen molar-refractivity contribution in [2.24, 2.45) is 0 Å². The van der Waals surface area contributed by atoms with Gasteiger partial charge in [0.25, 0.3) is 0 Å². The fourth-order valence-electron chi connectivity index (χ4n) is 3.42. The van der Waals surface area contributed by atoms with E-state index in [9.17, 15) is 5.11 Å². The van der Waals surface area contributed by atoms with Crippen LogP contribution in [0.25, 0.3) is 0 Å². The summed E-state index contributed by atoms with van der Waals surface area (Å²) in [5, 5.41) is 11.0. The van der Waals surface area contributed by atoms with Crippen molar-refractivity contribution in [2.75, 3.05) is 13.1 Å². The summed E-state index contributed by atoms with van der Waals surface area (Å²) < 4.78 is 0. The number of hydrogen-bond donors (Lipinski definition) is 1. The molecule has 1 aromatic carbocycles. The van der Waals surface area contributed by atoms with Crippen molar-refractivity contribution >= 4 is 0 Å². The fourth-order valence-corrected chi connectivity index (χ4v) is 3.42. The van der Waals surface area contributed by atoms with E-state index in [2.05, 4.69) is 56.9 Å². The number of likely N-dealkylation sites (tertiary alicyclic amines) is 1. The van der Waals surface area contributed by atoms with Crippen LogP contribution >= 0.6 is 0 Å². The second kappa shape index (κ2) is 6.93. The van der Waals surface area contributed by atoms with Crippen molar-refractivity contribution in [1.82, 2.24) is 4.90 Å². The molecular weight excluding hydrogens is 258 g/mol. The molecular formula is C19H31NO.